The lowest BCUT2D eigenvalue weighted by molar-refractivity contribution is -0.167. The Morgan fingerprint density at radius 1 is 0.312 bits per heavy atom. The SMILES string of the molecule is CCC/C=C\C/C=C\CCCCCCCC(=O)OCC(COC(=O)CCCCCCCCC/C=C\CCCCCCCC)OC(=O)CCCCCCCCCCCCCCCCCC. The van der Waals surface area contributed by atoms with Crippen LogP contribution in [0.15, 0.2) is 36.5 Å². The highest BCUT2D eigenvalue weighted by Crippen LogP contribution is 2.16. The van der Waals surface area contributed by atoms with Gasteiger partial charge in [0.15, 0.2) is 6.10 Å². The minimum Gasteiger partial charge on any atom is -0.462 e. The lowest BCUT2D eigenvalue weighted by Gasteiger charge is -2.18. The standard InChI is InChI=1S/C58H106O6/c1-4-7-10-13-16-19-22-25-27-29-31-33-36-39-42-45-48-51-57(60)63-54-55(53-62-56(59)50-47-44-41-38-35-32-24-21-18-15-12-9-6-3)64-58(61)52-49-46-43-40-37-34-30-28-26-23-20-17-14-11-8-5-2/h12,15,21,24-25,27,55H,4-11,13-14,16-20,22-23,26,28-54H2,1-3H3/b15-12-,24-21-,27-25-. The topological polar surface area (TPSA) is 78.9 Å². The molecule has 1 unspecified atom stereocenters. The van der Waals surface area contributed by atoms with Gasteiger partial charge in [-0.2, -0.15) is 0 Å². The molecule has 0 aliphatic rings. The van der Waals surface area contributed by atoms with Crippen molar-refractivity contribution in [2.75, 3.05) is 13.2 Å². The van der Waals surface area contributed by atoms with Gasteiger partial charge in [0.05, 0.1) is 0 Å². The molecule has 0 aromatic heterocycles. The Bertz CT molecular complexity index is 1080. The third kappa shape index (κ3) is 50.6. The number of esters is 3. The quantitative estimate of drug-likeness (QED) is 0.0262. The molecule has 0 saturated heterocycles. The molecule has 0 spiro atoms. The van der Waals surface area contributed by atoms with E-state index < -0.39 is 6.10 Å². The summed E-state index contributed by atoms with van der Waals surface area (Å²) in [5.41, 5.74) is 0. The molecule has 0 rings (SSSR count). The van der Waals surface area contributed by atoms with Gasteiger partial charge in [-0.25, -0.2) is 0 Å². The van der Waals surface area contributed by atoms with Gasteiger partial charge < -0.3 is 14.2 Å². The maximum atomic E-state index is 12.8. The van der Waals surface area contributed by atoms with E-state index in [0.717, 1.165) is 83.5 Å². The Kier molecular flexibility index (Phi) is 51.3. The second kappa shape index (κ2) is 53.2. The Morgan fingerprint density at radius 2 is 0.594 bits per heavy atom. The van der Waals surface area contributed by atoms with Gasteiger partial charge in [-0.3, -0.25) is 14.4 Å². The fourth-order valence-electron chi connectivity index (χ4n) is 8.12. The van der Waals surface area contributed by atoms with Crippen molar-refractivity contribution < 1.29 is 28.6 Å². The Labute approximate surface area is 397 Å². The smallest absolute Gasteiger partial charge is 0.306 e. The summed E-state index contributed by atoms with van der Waals surface area (Å²) in [6.45, 7) is 6.59. The van der Waals surface area contributed by atoms with Crippen molar-refractivity contribution in [3.05, 3.63) is 36.5 Å². The molecule has 6 heteroatoms. The predicted octanol–water partition coefficient (Wildman–Crippen LogP) is 18.5. The molecule has 0 aliphatic heterocycles. The molecule has 0 amide bonds. The normalized spacial score (nSPS) is 12.2. The maximum Gasteiger partial charge on any atom is 0.306 e. The van der Waals surface area contributed by atoms with Crippen LogP contribution in [-0.4, -0.2) is 37.2 Å². The number of carbonyl (C=O) groups is 3. The number of ether oxygens (including phenoxy) is 3. The molecule has 0 N–H and O–H groups in total. The molecule has 0 aromatic carbocycles. The molecule has 0 radical (unpaired) electrons. The zero-order valence-electron chi connectivity index (χ0n) is 42.8. The highest BCUT2D eigenvalue weighted by atomic mass is 16.6. The zero-order chi connectivity index (χ0) is 46.5. The summed E-state index contributed by atoms with van der Waals surface area (Å²) in [7, 11) is 0. The van der Waals surface area contributed by atoms with Crippen LogP contribution in [0.25, 0.3) is 0 Å². The van der Waals surface area contributed by atoms with Crippen molar-refractivity contribution in [3.8, 4) is 0 Å². The van der Waals surface area contributed by atoms with E-state index >= 15 is 0 Å². The summed E-state index contributed by atoms with van der Waals surface area (Å²) in [4.78, 5) is 38.1. The van der Waals surface area contributed by atoms with Crippen molar-refractivity contribution in [1.82, 2.24) is 0 Å². The van der Waals surface area contributed by atoms with Gasteiger partial charge >= 0.3 is 17.9 Å². The van der Waals surface area contributed by atoms with Crippen LogP contribution in [0, 0.1) is 0 Å². The van der Waals surface area contributed by atoms with Crippen LogP contribution in [0.1, 0.15) is 297 Å². The van der Waals surface area contributed by atoms with E-state index in [1.54, 1.807) is 0 Å². The monoisotopic (exact) mass is 899 g/mol. The molecule has 374 valence electrons. The summed E-state index contributed by atoms with van der Waals surface area (Å²) in [5, 5.41) is 0. The van der Waals surface area contributed by atoms with Gasteiger partial charge in [0.25, 0.3) is 0 Å². The van der Waals surface area contributed by atoms with Gasteiger partial charge in [0.1, 0.15) is 13.2 Å². The average Bonchev–Trinajstić information content (AvgIpc) is 3.29. The third-order valence-corrected chi connectivity index (χ3v) is 12.3. The molecule has 0 aliphatic carbocycles. The highest BCUT2D eigenvalue weighted by Gasteiger charge is 2.19. The molecule has 64 heavy (non-hydrogen) atoms. The van der Waals surface area contributed by atoms with Crippen LogP contribution in [0.3, 0.4) is 0 Å². The summed E-state index contributed by atoms with van der Waals surface area (Å²) in [6.07, 6.45) is 62.7. The number of carbonyl (C=O) groups excluding carboxylic acids is 3. The highest BCUT2D eigenvalue weighted by molar-refractivity contribution is 5.71. The molecule has 0 saturated carbocycles. The molecule has 0 bridgehead atoms. The Balaban J connectivity index is 4.35. The number of hydrogen-bond acceptors (Lipinski definition) is 6. The van der Waals surface area contributed by atoms with E-state index in [9.17, 15) is 14.4 Å². The molecule has 0 aromatic rings. The lowest BCUT2D eigenvalue weighted by atomic mass is 10.0. The van der Waals surface area contributed by atoms with Crippen molar-refractivity contribution in [3.63, 3.8) is 0 Å². The summed E-state index contributed by atoms with van der Waals surface area (Å²) in [6, 6.07) is 0. The average molecular weight is 899 g/mol. The van der Waals surface area contributed by atoms with Gasteiger partial charge in [0.2, 0.25) is 0 Å². The van der Waals surface area contributed by atoms with E-state index in [1.165, 1.54) is 173 Å². The van der Waals surface area contributed by atoms with Gasteiger partial charge in [-0.1, -0.05) is 243 Å². The minimum atomic E-state index is -0.776. The third-order valence-electron chi connectivity index (χ3n) is 12.3. The first-order valence-electron chi connectivity index (χ1n) is 28.0. The maximum absolute atomic E-state index is 12.8. The second-order valence-electron chi connectivity index (χ2n) is 18.8. The molecule has 6 nitrogen and oxygen atoms in total. The lowest BCUT2D eigenvalue weighted by Crippen LogP contribution is -2.30. The number of unbranched alkanes of at least 4 members (excludes halogenated alkanes) is 34. The van der Waals surface area contributed by atoms with Crippen LogP contribution in [-0.2, 0) is 28.6 Å². The molecule has 0 heterocycles. The molecular formula is C58H106O6. The van der Waals surface area contributed by atoms with Gasteiger partial charge in [-0.15, -0.1) is 0 Å². The summed E-state index contributed by atoms with van der Waals surface area (Å²) >= 11 is 0. The largest absolute Gasteiger partial charge is 0.462 e. The number of rotatable bonds is 51. The first kappa shape index (κ1) is 61.6. The number of hydrogen-bond donors (Lipinski definition) is 0. The van der Waals surface area contributed by atoms with Crippen molar-refractivity contribution in [2.45, 2.75) is 303 Å². The van der Waals surface area contributed by atoms with E-state index in [2.05, 4.69) is 57.2 Å². The van der Waals surface area contributed by atoms with Crippen molar-refractivity contribution in [1.29, 1.82) is 0 Å². The number of allylic oxidation sites excluding steroid dienone is 6. The predicted molar refractivity (Wildman–Crippen MR) is 275 cm³/mol. The van der Waals surface area contributed by atoms with Gasteiger partial charge in [-0.05, 0) is 70.6 Å². The fraction of sp³-hybridized carbons (Fsp3) is 0.845. The van der Waals surface area contributed by atoms with Crippen LogP contribution >= 0.6 is 0 Å². The van der Waals surface area contributed by atoms with Crippen LogP contribution in [0.4, 0.5) is 0 Å². The van der Waals surface area contributed by atoms with Gasteiger partial charge in [0, 0.05) is 19.3 Å². The van der Waals surface area contributed by atoms with Crippen LogP contribution in [0.2, 0.25) is 0 Å². The molecular weight excluding hydrogens is 793 g/mol. The first-order valence-corrected chi connectivity index (χ1v) is 28.0. The minimum absolute atomic E-state index is 0.0757. The van der Waals surface area contributed by atoms with Crippen LogP contribution in [0.5, 0.6) is 0 Å². The Morgan fingerprint density at radius 3 is 0.938 bits per heavy atom. The summed E-state index contributed by atoms with van der Waals surface area (Å²) in [5.74, 6) is -0.879. The van der Waals surface area contributed by atoms with Crippen LogP contribution < -0.4 is 0 Å². The van der Waals surface area contributed by atoms with E-state index in [0.29, 0.717) is 19.3 Å². The zero-order valence-corrected chi connectivity index (χ0v) is 42.8. The second-order valence-corrected chi connectivity index (χ2v) is 18.8. The van der Waals surface area contributed by atoms with E-state index in [4.69, 9.17) is 14.2 Å². The van der Waals surface area contributed by atoms with Crippen molar-refractivity contribution >= 4 is 17.9 Å². The fourth-order valence-corrected chi connectivity index (χ4v) is 8.12. The van der Waals surface area contributed by atoms with Crippen molar-refractivity contribution in [2.24, 2.45) is 0 Å². The van der Waals surface area contributed by atoms with E-state index in [1.807, 2.05) is 0 Å². The van der Waals surface area contributed by atoms with E-state index in [-0.39, 0.29) is 31.1 Å². The first-order chi connectivity index (χ1) is 31.5. The molecule has 0 fully saturated rings. The summed E-state index contributed by atoms with van der Waals surface area (Å²) < 4.78 is 16.8. The molecule has 1 atom stereocenters. The Hall–Kier alpha value is -2.37.